The van der Waals surface area contributed by atoms with Gasteiger partial charge in [0, 0.05) is 32.4 Å². The Morgan fingerprint density at radius 3 is 2.39 bits per heavy atom. The van der Waals surface area contributed by atoms with E-state index in [-0.39, 0.29) is 18.8 Å². The fourth-order valence-electron chi connectivity index (χ4n) is 2.67. The van der Waals surface area contributed by atoms with Gasteiger partial charge in [0.2, 0.25) is 5.91 Å². The molecular formula is C18H21F3N4O3. The van der Waals surface area contributed by atoms with Crippen molar-refractivity contribution in [2.45, 2.75) is 19.6 Å². The minimum Gasteiger partial charge on any atom is -0.324 e. The predicted molar refractivity (Wildman–Crippen MR) is 97.9 cm³/mol. The summed E-state index contributed by atoms with van der Waals surface area (Å²) >= 11 is 0. The molecule has 1 amide bonds. The van der Waals surface area contributed by atoms with Crippen molar-refractivity contribution in [3.63, 3.8) is 0 Å². The third-order valence-electron chi connectivity index (χ3n) is 4.33. The number of halogens is 3. The van der Waals surface area contributed by atoms with Gasteiger partial charge >= 0.3 is 11.9 Å². The maximum Gasteiger partial charge on any atom is 0.418 e. The fraction of sp³-hybridized carbons (Fsp3) is 0.389. The first-order valence-electron chi connectivity index (χ1n) is 8.49. The maximum absolute atomic E-state index is 13.0. The number of carbonyl (C=O) groups is 1. The van der Waals surface area contributed by atoms with Crippen LogP contribution in [-0.2, 0) is 31.6 Å². The SMILES string of the molecule is CCN(CC(=O)Nc1ccccc1C(F)(F)F)Cc1cc(=O)n(C)c(=O)n1C. The summed E-state index contributed by atoms with van der Waals surface area (Å²) in [6, 6.07) is 6.01. The van der Waals surface area contributed by atoms with E-state index in [9.17, 15) is 27.6 Å². The molecule has 0 bridgehead atoms. The molecule has 10 heteroatoms. The zero-order chi connectivity index (χ0) is 21.1. The Morgan fingerprint density at radius 2 is 1.79 bits per heavy atom. The number of anilines is 1. The van der Waals surface area contributed by atoms with Crippen molar-refractivity contribution in [3.8, 4) is 0 Å². The topological polar surface area (TPSA) is 76.3 Å². The van der Waals surface area contributed by atoms with E-state index in [4.69, 9.17) is 0 Å². The summed E-state index contributed by atoms with van der Waals surface area (Å²) in [5, 5.41) is 2.28. The van der Waals surface area contributed by atoms with Gasteiger partial charge in [0.25, 0.3) is 5.56 Å². The molecule has 7 nitrogen and oxygen atoms in total. The van der Waals surface area contributed by atoms with Crippen molar-refractivity contribution >= 4 is 11.6 Å². The van der Waals surface area contributed by atoms with E-state index >= 15 is 0 Å². The molecule has 1 aromatic carbocycles. The molecule has 0 aliphatic carbocycles. The van der Waals surface area contributed by atoms with Crippen molar-refractivity contribution in [2.75, 3.05) is 18.4 Å². The lowest BCUT2D eigenvalue weighted by Crippen LogP contribution is -2.40. The van der Waals surface area contributed by atoms with Crippen LogP contribution in [-0.4, -0.2) is 33.0 Å². The van der Waals surface area contributed by atoms with Crippen LogP contribution in [0, 0.1) is 0 Å². The number of para-hydroxylation sites is 1. The van der Waals surface area contributed by atoms with E-state index in [0.29, 0.717) is 12.2 Å². The van der Waals surface area contributed by atoms with E-state index in [2.05, 4.69) is 5.32 Å². The molecule has 1 aromatic heterocycles. The number of hydrogen-bond donors (Lipinski definition) is 1. The van der Waals surface area contributed by atoms with Gasteiger partial charge < -0.3 is 5.32 Å². The minimum absolute atomic E-state index is 0.118. The summed E-state index contributed by atoms with van der Waals surface area (Å²) < 4.78 is 41.4. The van der Waals surface area contributed by atoms with Gasteiger partial charge in [0.1, 0.15) is 0 Å². The van der Waals surface area contributed by atoms with E-state index < -0.39 is 28.9 Å². The van der Waals surface area contributed by atoms with E-state index in [1.807, 2.05) is 0 Å². The molecule has 0 fully saturated rings. The highest BCUT2D eigenvalue weighted by Crippen LogP contribution is 2.34. The molecule has 152 valence electrons. The number of carbonyl (C=O) groups excluding carboxylic acids is 1. The van der Waals surface area contributed by atoms with Crippen molar-refractivity contribution in [1.29, 1.82) is 0 Å². The van der Waals surface area contributed by atoms with E-state index in [0.717, 1.165) is 10.6 Å². The highest BCUT2D eigenvalue weighted by atomic mass is 19.4. The molecule has 0 saturated carbocycles. The van der Waals surface area contributed by atoms with Crippen LogP contribution in [0.15, 0.2) is 39.9 Å². The number of nitrogens with zero attached hydrogens (tertiary/aromatic N) is 3. The molecule has 0 spiro atoms. The smallest absolute Gasteiger partial charge is 0.324 e. The Hall–Kier alpha value is -2.88. The highest BCUT2D eigenvalue weighted by molar-refractivity contribution is 5.93. The fourth-order valence-corrected chi connectivity index (χ4v) is 2.67. The van der Waals surface area contributed by atoms with Crippen LogP contribution < -0.4 is 16.6 Å². The molecule has 0 aliphatic heterocycles. The zero-order valence-electron chi connectivity index (χ0n) is 15.7. The van der Waals surface area contributed by atoms with Crippen molar-refractivity contribution < 1.29 is 18.0 Å². The van der Waals surface area contributed by atoms with Gasteiger partial charge in [-0.05, 0) is 18.7 Å². The monoisotopic (exact) mass is 398 g/mol. The highest BCUT2D eigenvalue weighted by Gasteiger charge is 2.33. The largest absolute Gasteiger partial charge is 0.418 e. The Balaban J connectivity index is 2.16. The number of nitrogens with one attached hydrogen (secondary N) is 1. The minimum atomic E-state index is -4.59. The summed E-state index contributed by atoms with van der Waals surface area (Å²) in [6.45, 7) is 2.06. The van der Waals surface area contributed by atoms with Crippen LogP contribution in [0.25, 0.3) is 0 Å². The molecule has 1 N–H and O–H groups in total. The summed E-state index contributed by atoms with van der Waals surface area (Å²) in [6.07, 6.45) is -4.59. The Morgan fingerprint density at radius 1 is 1.14 bits per heavy atom. The molecule has 0 radical (unpaired) electrons. The normalized spacial score (nSPS) is 11.7. The van der Waals surface area contributed by atoms with Crippen LogP contribution in [0.2, 0.25) is 0 Å². The maximum atomic E-state index is 13.0. The van der Waals surface area contributed by atoms with Gasteiger partial charge in [-0.15, -0.1) is 0 Å². The Labute approximate surface area is 159 Å². The van der Waals surface area contributed by atoms with Gasteiger partial charge in [-0.1, -0.05) is 19.1 Å². The number of alkyl halides is 3. The van der Waals surface area contributed by atoms with Gasteiger partial charge in [-0.3, -0.25) is 23.6 Å². The molecule has 0 unspecified atom stereocenters. The second-order valence-corrected chi connectivity index (χ2v) is 6.27. The molecule has 28 heavy (non-hydrogen) atoms. The number of hydrogen-bond acceptors (Lipinski definition) is 4. The lowest BCUT2D eigenvalue weighted by atomic mass is 10.1. The Bertz CT molecular complexity index is 979. The molecule has 0 saturated heterocycles. The van der Waals surface area contributed by atoms with Crippen LogP contribution in [0.5, 0.6) is 0 Å². The third kappa shape index (κ3) is 4.89. The van der Waals surface area contributed by atoms with Crippen molar-refractivity contribution in [1.82, 2.24) is 14.0 Å². The van der Waals surface area contributed by atoms with Crippen LogP contribution in [0.4, 0.5) is 18.9 Å². The predicted octanol–water partition coefficient (Wildman–Crippen LogP) is 1.56. The number of amides is 1. The first-order valence-corrected chi connectivity index (χ1v) is 8.49. The van der Waals surface area contributed by atoms with Gasteiger partial charge in [0.05, 0.1) is 17.8 Å². The lowest BCUT2D eigenvalue weighted by Gasteiger charge is -2.22. The standard InChI is InChI=1S/C18H21F3N4O3/c1-4-25(10-12-9-16(27)24(3)17(28)23(12)2)11-15(26)22-14-8-6-5-7-13(14)18(19,20)21/h5-9H,4,10-11H2,1-3H3,(H,22,26). The second kappa shape index (κ2) is 8.42. The van der Waals surface area contributed by atoms with Crippen LogP contribution in [0.1, 0.15) is 18.2 Å². The first kappa shape index (κ1) is 21.4. The third-order valence-corrected chi connectivity index (χ3v) is 4.33. The Kier molecular flexibility index (Phi) is 6.45. The molecule has 0 aliphatic rings. The zero-order valence-corrected chi connectivity index (χ0v) is 15.7. The molecular weight excluding hydrogens is 377 g/mol. The van der Waals surface area contributed by atoms with Crippen molar-refractivity contribution in [2.24, 2.45) is 14.1 Å². The summed E-state index contributed by atoms with van der Waals surface area (Å²) in [4.78, 5) is 37.7. The second-order valence-electron chi connectivity index (χ2n) is 6.27. The van der Waals surface area contributed by atoms with Gasteiger partial charge in [0.15, 0.2) is 0 Å². The van der Waals surface area contributed by atoms with Crippen LogP contribution in [0.3, 0.4) is 0 Å². The molecule has 1 heterocycles. The first-order chi connectivity index (χ1) is 13.0. The summed E-state index contributed by atoms with van der Waals surface area (Å²) in [5.74, 6) is -0.632. The molecule has 2 rings (SSSR count). The van der Waals surface area contributed by atoms with E-state index in [1.54, 1.807) is 11.8 Å². The average Bonchev–Trinajstić information content (AvgIpc) is 2.63. The number of likely N-dealkylation sites (N-methyl/N-ethyl adjacent to an activating group) is 1. The average molecular weight is 398 g/mol. The van der Waals surface area contributed by atoms with Crippen LogP contribution >= 0.6 is 0 Å². The number of benzene rings is 1. The van der Waals surface area contributed by atoms with Gasteiger partial charge in [-0.25, -0.2) is 4.79 Å². The van der Waals surface area contributed by atoms with E-state index in [1.165, 1.54) is 42.9 Å². The van der Waals surface area contributed by atoms with Gasteiger partial charge in [-0.2, -0.15) is 13.2 Å². The molecule has 0 atom stereocenters. The number of aromatic nitrogens is 2. The lowest BCUT2D eigenvalue weighted by molar-refractivity contribution is -0.137. The quantitative estimate of drug-likeness (QED) is 0.802. The summed E-state index contributed by atoms with van der Waals surface area (Å²) in [5.41, 5.74) is -1.82. The van der Waals surface area contributed by atoms with Crippen molar-refractivity contribution in [3.05, 3.63) is 62.4 Å². The number of rotatable bonds is 6. The molecule has 2 aromatic rings. The summed E-state index contributed by atoms with van der Waals surface area (Å²) in [7, 11) is 2.86.